The number of nitrogens with one attached hydrogen (secondary N) is 3. The van der Waals surface area contributed by atoms with Gasteiger partial charge in [-0.2, -0.15) is 0 Å². The lowest BCUT2D eigenvalue weighted by molar-refractivity contribution is 0.0954. The van der Waals surface area contributed by atoms with Crippen LogP contribution in [-0.2, 0) is 6.54 Å². The number of nitrogens with zero attached hydrogens (tertiary/aromatic N) is 1. The van der Waals surface area contributed by atoms with Gasteiger partial charge >= 0.3 is 0 Å². The standard InChI is InChI=1S/C19H23ClN4O2.HI/c1-21-19(24-13-14-5-3-7-16(20)11-14)23-10-9-22-18(25)15-6-4-8-17(12-15)26-2;/h3-8,11-12H,9-10,13H2,1-2H3,(H,22,25)(H2,21,23,24);1H. The van der Waals surface area contributed by atoms with E-state index in [0.717, 1.165) is 5.56 Å². The number of benzene rings is 2. The molecule has 0 heterocycles. The Morgan fingerprint density at radius 1 is 1.07 bits per heavy atom. The predicted molar refractivity (Wildman–Crippen MR) is 120 cm³/mol. The van der Waals surface area contributed by atoms with Crippen LogP contribution in [0.3, 0.4) is 0 Å². The van der Waals surface area contributed by atoms with Gasteiger partial charge in [0.05, 0.1) is 7.11 Å². The van der Waals surface area contributed by atoms with Crippen LogP contribution in [0.25, 0.3) is 0 Å². The van der Waals surface area contributed by atoms with Crippen LogP contribution in [0.5, 0.6) is 5.75 Å². The fourth-order valence-electron chi connectivity index (χ4n) is 2.28. The highest BCUT2D eigenvalue weighted by Gasteiger charge is 2.06. The summed E-state index contributed by atoms with van der Waals surface area (Å²) in [7, 11) is 3.27. The average Bonchev–Trinajstić information content (AvgIpc) is 2.67. The first-order valence-corrected chi connectivity index (χ1v) is 8.61. The summed E-state index contributed by atoms with van der Waals surface area (Å²) < 4.78 is 5.12. The van der Waals surface area contributed by atoms with Crippen LogP contribution in [0, 0.1) is 0 Å². The van der Waals surface area contributed by atoms with Gasteiger partial charge in [-0.3, -0.25) is 9.79 Å². The number of ether oxygens (including phenoxy) is 1. The highest BCUT2D eigenvalue weighted by atomic mass is 127. The molecule has 8 heteroatoms. The largest absolute Gasteiger partial charge is 0.497 e. The minimum atomic E-state index is -0.146. The molecule has 0 spiro atoms. The van der Waals surface area contributed by atoms with Crippen LogP contribution in [-0.4, -0.2) is 39.1 Å². The zero-order chi connectivity index (χ0) is 18.8. The van der Waals surface area contributed by atoms with Gasteiger partial charge in [0, 0.05) is 37.3 Å². The lowest BCUT2D eigenvalue weighted by Crippen LogP contribution is -2.41. The minimum absolute atomic E-state index is 0. The number of hydrogen-bond donors (Lipinski definition) is 3. The molecule has 27 heavy (non-hydrogen) atoms. The van der Waals surface area contributed by atoms with Crippen molar-refractivity contribution in [3.63, 3.8) is 0 Å². The van der Waals surface area contributed by atoms with Gasteiger partial charge < -0.3 is 20.7 Å². The zero-order valence-corrected chi connectivity index (χ0v) is 18.4. The Labute approximate surface area is 181 Å². The summed E-state index contributed by atoms with van der Waals surface area (Å²) in [5.41, 5.74) is 1.62. The Kier molecular flexibility index (Phi) is 10.6. The van der Waals surface area contributed by atoms with Crippen LogP contribution in [0.2, 0.25) is 5.02 Å². The molecule has 2 aromatic rings. The molecule has 3 N–H and O–H groups in total. The summed E-state index contributed by atoms with van der Waals surface area (Å²) in [6, 6.07) is 14.7. The second-order valence-corrected chi connectivity index (χ2v) is 5.91. The van der Waals surface area contributed by atoms with E-state index >= 15 is 0 Å². The quantitative estimate of drug-likeness (QED) is 0.235. The Morgan fingerprint density at radius 3 is 2.52 bits per heavy atom. The molecule has 1 amide bonds. The number of amides is 1. The van der Waals surface area contributed by atoms with E-state index in [2.05, 4.69) is 20.9 Å². The van der Waals surface area contributed by atoms with Crippen LogP contribution in [0.15, 0.2) is 53.5 Å². The van der Waals surface area contributed by atoms with Crippen molar-refractivity contribution in [2.45, 2.75) is 6.54 Å². The second-order valence-electron chi connectivity index (χ2n) is 5.47. The van der Waals surface area contributed by atoms with Crippen molar-refractivity contribution in [1.82, 2.24) is 16.0 Å². The third-order valence-electron chi connectivity index (χ3n) is 3.61. The number of methoxy groups -OCH3 is 1. The highest BCUT2D eigenvalue weighted by Crippen LogP contribution is 2.12. The smallest absolute Gasteiger partial charge is 0.251 e. The van der Waals surface area contributed by atoms with E-state index in [1.165, 1.54) is 0 Å². The van der Waals surface area contributed by atoms with E-state index in [4.69, 9.17) is 16.3 Å². The van der Waals surface area contributed by atoms with E-state index in [1.54, 1.807) is 38.4 Å². The molecule has 0 saturated carbocycles. The molecule has 0 fully saturated rings. The van der Waals surface area contributed by atoms with E-state index in [-0.39, 0.29) is 29.9 Å². The van der Waals surface area contributed by atoms with Gasteiger partial charge in [0.2, 0.25) is 0 Å². The normalized spacial score (nSPS) is 10.6. The first-order chi connectivity index (χ1) is 12.6. The first kappa shape index (κ1) is 23.0. The molecule has 0 aliphatic rings. The van der Waals surface area contributed by atoms with E-state index in [0.29, 0.717) is 41.9 Å². The number of hydrogen-bond acceptors (Lipinski definition) is 3. The molecule has 0 aliphatic carbocycles. The van der Waals surface area contributed by atoms with Crippen LogP contribution in [0.4, 0.5) is 0 Å². The van der Waals surface area contributed by atoms with E-state index in [1.807, 2.05) is 24.3 Å². The molecule has 0 atom stereocenters. The maximum Gasteiger partial charge on any atom is 0.251 e. The lowest BCUT2D eigenvalue weighted by Gasteiger charge is -2.12. The fraction of sp³-hybridized carbons (Fsp3) is 0.263. The summed E-state index contributed by atoms with van der Waals surface area (Å²) in [5.74, 6) is 1.16. The number of aliphatic imine (C=N–C) groups is 1. The Hall–Kier alpha value is -2.00. The molecule has 0 bridgehead atoms. The Balaban J connectivity index is 0.00000364. The second kappa shape index (κ2) is 12.4. The van der Waals surface area contributed by atoms with E-state index in [9.17, 15) is 4.79 Å². The number of guanidine groups is 1. The van der Waals surface area contributed by atoms with Crippen molar-refractivity contribution in [2.24, 2.45) is 4.99 Å². The Bertz CT molecular complexity index is 771. The third-order valence-corrected chi connectivity index (χ3v) is 3.84. The van der Waals surface area contributed by atoms with Gasteiger partial charge in [-0.05, 0) is 35.9 Å². The van der Waals surface area contributed by atoms with Crippen LogP contribution in [0.1, 0.15) is 15.9 Å². The third kappa shape index (κ3) is 8.04. The lowest BCUT2D eigenvalue weighted by atomic mass is 10.2. The molecule has 0 unspecified atom stereocenters. The summed E-state index contributed by atoms with van der Waals surface area (Å²) in [6.07, 6.45) is 0. The fourth-order valence-corrected chi connectivity index (χ4v) is 2.49. The van der Waals surface area contributed by atoms with Gasteiger partial charge in [-0.1, -0.05) is 29.8 Å². The van der Waals surface area contributed by atoms with Crippen molar-refractivity contribution in [2.75, 3.05) is 27.2 Å². The number of halogens is 2. The molecular formula is C19H24ClIN4O2. The number of carbonyl (C=O) groups excluding carboxylic acids is 1. The van der Waals surface area contributed by atoms with Crippen LogP contribution >= 0.6 is 35.6 Å². The van der Waals surface area contributed by atoms with Crippen LogP contribution < -0.4 is 20.7 Å². The van der Waals surface area contributed by atoms with Crippen molar-refractivity contribution >= 4 is 47.4 Å². The minimum Gasteiger partial charge on any atom is -0.497 e. The van der Waals surface area contributed by atoms with Gasteiger partial charge in [-0.15, -0.1) is 24.0 Å². The van der Waals surface area contributed by atoms with Crippen molar-refractivity contribution < 1.29 is 9.53 Å². The van der Waals surface area contributed by atoms with Gasteiger partial charge in [0.25, 0.3) is 5.91 Å². The SMILES string of the molecule is CN=C(NCCNC(=O)c1cccc(OC)c1)NCc1cccc(Cl)c1.I. The molecule has 2 rings (SSSR count). The zero-order valence-electron chi connectivity index (χ0n) is 15.3. The van der Waals surface area contributed by atoms with Crippen molar-refractivity contribution in [3.8, 4) is 5.75 Å². The summed E-state index contributed by atoms with van der Waals surface area (Å²) in [5, 5.41) is 9.90. The molecule has 146 valence electrons. The Morgan fingerprint density at radius 2 is 1.81 bits per heavy atom. The van der Waals surface area contributed by atoms with Crippen molar-refractivity contribution in [3.05, 3.63) is 64.7 Å². The molecule has 0 aromatic heterocycles. The topological polar surface area (TPSA) is 74.8 Å². The van der Waals surface area contributed by atoms with E-state index < -0.39 is 0 Å². The molecule has 6 nitrogen and oxygen atoms in total. The molecular weight excluding hydrogens is 479 g/mol. The van der Waals surface area contributed by atoms with Crippen molar-refractivity contribution in [1.29, 1.82) is 0 Å². The van der Waals surface area contributed by atoms with Gasteiger partial charge in [-0.25, -0.2) is 0 Å². The highest BCUT2D eigenvalue weighted by molar-refractivity contribution is 14.0. The number of rotatable bonds is 7. The molecule has 0 aliphatic heterocycles. The molecule has 0 radical (unpaired) electrons. The maximum absolute atomic E-state index is 12.1. The molecule has 0 saturated heterocycles. The average molecular weight is 503 g/mol. The summed E-state index contributed by atoms with van der Waals surface area (Å²) in [6.45, 7) is 1.62. The predicted octanol–water partition coefficient (Wildman–Crippen LogP) is 3.06. The summed E-state index contributed by atoms with van der Waals surface area (Å²) >= 11 is 5.97. The maximum atomic E-state index is 12.1. The number of carbonyl (C=O) groups is 1. The van der Waals surface area contributed by atoms with Gasteiger partial charge in [0.1, 0.15) is 5.75 Å². The monoisotopic (exact) mass is 502 g/mol. The first-order valence-electron chi connectivity index (χ1n) is 8.23. The molecule has 2 aromatic carbocycles. The summed E-state index contributed by atoms with van der Waals surface area (Å²) in [4.78, 5) is 16.3. The van der Waals surface area contributed by atoms with Gasteiger partial charge in [0.15, 0.2) is 5.96 Å².